The molecule has 0 aliphatic rings. The maximum atomic E-state index is 11.9. The van der Waals surface area contributed by atoms with E-state index in [1.807, 2.05) is 0 Å². The van der Waals surface area contributed by atoms with Gasteiger partial charge in [0.1, 0.15) is 10.9 Å². The Balaban J connectivity index is 2.87. The fraction of sp³-hybridized carbons (Fsp3) is 0.417. The molecule has 2 N–H and O–H groups in total. The van der Waals surface area contributed by atoms with Crippen molar-refractivity contribution in [2.24, 2.45) is 0 Å². The lowest BCUT2D eigenvalue weighted by Gasteiger charge is -2.13. The van der Waals surface area contributed by atoms with E-state index in [1.165, 1.54) is 25.4 Å². The monoisotopic (exact) mass is 284 g/mol. The average Bonchev–Trinajstić information content (AvgIpc) is 2.69. The van der Waals surface area contributed by atoms with Crippen molar-refractivity contribution in [2.45, 2.75) is 26.8 Å². The SMILES string of the molecule is COC(=O)c1scc(C)c1NC(=O)C(C)NC(C)=O. The lowest BCUT2D eigenvalue weighted by molar-refractivity contribution is -0.124. The molecule has 1 atom stereocenters. The zero-order valence-corrected chi connectivity index (χ0v) is 12.0. The number of anilines is 1. The largest absolute Gasteiger partial charge is 0.465 e. The van der Waals surface area contributed by atoms with E-state index in [1.54, 1.807) is 19.2 Å². The summed E-state index contributed by atoms with van der Waals surface area (Å²) in [5.41, 5.74) is 1.20. The molecule has 0 aliphatic heterocycles. The Labute approximate surface area is 115 Å². The van der Waals surface area contributed by atoms with E-state index in [0.29, 0.717) is 10.6 Å². The second kappa shape index (κ2) is 6.33. The quantitative estimate of drug-likeness (QED) is 0.816. The van der Waals surface area contributed by atoms with Gasteiger partial charge in [-0.15, -0.1) is 11.3 Å². The zero-order chi connectivity index (χ0) is 14.6. The molecular formula is C12H16N2O4S. The molecule has 1 aromatic heterocycles. The summed E-state index contributed by atoms with van der Waals surface area (Å²) < 4.78 is 4.65. The van der Waals surface area contributed by atoms with Crippen molar-refractivity contribution >= 4 is 34.8 Å². The molecule has 2 amide bonds. The number of carbonyl (C=O) groups is 3. The van der Waals surface area contributed by atoms with Crippen molar-refractivity contribution in [3.05, 3.63) is 15.8 Å². The van der Waals surface area contributed by atoms with Crippen LogP contribution in [0.15, 0.2) is 5.38 Å². The van der Waals surface area contributed by atoms with Crippen LogP contribution >= 0.6 is 11.3 Å². The molecule has 0 radical (unpaired) electrons. The van der Waals surface area contributed by atoms with Crippen LogP contribution in [0.5, 0.6) is 0 Å². The minimum Gasteiger partial charge on any atom is -0.465 e. The van der Waals surface area contributed by atoms with Crippen molar-refractivity contribution < 1.29 is 19.1 Å². The predicted octanol–water partition coefficient (Wildman–Crippen LogP) is 1.31. The Morgan fingerprint density at radius 1 is 1.37 bits per heavy atom. The molecule has 19 heavy (non-hydrogen) atoms. The van der Waals surface area contributed by atoms with Gasteiger partial charge in [-0.25, -0.2) is 4.79 Å². The molecular weight excluding hydrogens is 268 g/mol. The van der Waals surface area contributed by atoms with Gasteiger partial charge in [0.25, 0.3) is 0 Å². The molecule has 6 nitrogen and oxygen atoms in total. The summed E-state index contributed by atoms with van der Waals surface area (Å²) in [6, 6.07) is -0.678. The topological polar surface area (TPSA) is 84.5 Å². The number of hydrogen-bond donors (Lipinski definition) is 2. The first kappa shape index (κ1) is 15.2. The first-order valence-corrected chi connectivity index (χ1v) is 6.49. The van der Waals surface area contributed by atoms with Gasteiger partial charge in [-0.2, -0.15) is 0 Å². The Morgan fingerprint density at radius 2 is 2.00 bits per heavy atom. The van der Waals surface area contributed by atoms with Crippen LogP contribution in [0.2, 0.25) is 0 Å². The van der Waals surface area contributed by atoms with E-state index in [0.717, 1.165) is 5.56 Å². The first-order chi connectivity index (χ1) is 8.86. The van der Waals surface area contributed by atoms with Gasteiger partial charge in [-0.05, 0) is 24.8 Å². The highest BCUT2D eigenvalue weighted by Gasteiger charge is 2.21. The van der Waals surface area contributed by atoms with Crippen molar-refractivity contribution in [2.75, 3.05) is 12.4 Å². The molecule has 1 unspecified atom stereocenters. The van der Waals surface area contributed by atoms with E-state index >= 15 is 0 Å². The fourth-order valence-electron chi connectivity index (χ4n) is 1.44. The highest BCUT2D eigenvalue weighted by atomic mass is 32.1. The number of methoxy groups -OCH3 is 1. The van der Waals surface area contributed by atoms with Gasteiger partial charge in [0, 0.05) is 6.92 Å². The molecule has 1 heterocycles. The summed E-state index contributed by atoms with van der Waals surface area (Å²) in [4.78, 5) is 34.7. The van der Waals surface area contributed by atoms with Crippen LogP contribution in [0.25, 0.3) is 0 Å². The Bertz CT molecular complexity index is 510. The molecule has 0 spiro atoms. The summed E-state index contributed by atoms with van der Waals surface area (Å²) >= 11 is 1.20. The third-order valence-electron chi connectivity index (χ3n) is 2.41. The molecule has 0 bridgehead atoms. The molecule has 0 aliphatic carbocycles. The number of hydrogen-bond acceptors (Lipinski definition) is 5. The van der Waals surface area contributed by atoms with Crippen molar-refractivity contribution in [1.29, 1.82) is 0 Å². The number of amides is 2. The molecule has 7 heteroatoms. The first-order valence-electron chi connectivity index (χ1n) is 5.61. The maximum Gasteiger partial charge on any atom is 0.350 e. The summed E-state index contributed by atoms with van der Waals surface area (Å²) in [6.07, 6.45) is 0. The van der Waals surface area contributed by atoms with Crippen molar-refractivity contribution in [1.82, 2.24) is 5.32 Å². The highest BCUT2D eigenvalue weighted by Crippen LogP contribution is 2.28. The van der Waals surface area contributed by atoms with E-state index in [9.17, 15) is 14.4 Å². The van der Waals surface area contributed by atoms with Gasteiger partial charge in [-0.1, -0.05) is 0 Å². The number of esters is 1. The highest BCUT2D eigenvalue weighted by molar-refractivity contribution is 7.12. The second-order valence-corrected chi connectivity index (χ2v) is 4.91. The summed E-state index contributed by atoms with van der Waals surface area (Å²) in [7, 11) is 1.28. The molecule has 1 rings (SSSR count). The molecule has 0 aromatic carbocycles. The van der Waals surface area contributed by atoms with Crippen molar-refractivity contribution in [3.8, 4) is 0 Å². The third-order valence-corrected chi connectivity index (χ3v) is 3.48. The second-order valence-electron chi connectivity index (χ2n) is 4.03. The smallest absolute Gasteiger partial charge is 0.350 e. The predicted molar refractivity (Wildman–Crippen MR) is 72.3 cm³/mol. The number of carbonyl (C=O) groups excluding carboxylic acids is 3. The van der Waals surface area contributed by atoms with Crippen LogP contribution in [0.4, 0.5) is 5.69 Å². The van der Waals surface area contributed by atoms with Crippen LogP contribution in [0.1, 0.15) is 29.1 Å². The van der Waals surface area contributed by atoms with Crippen LogP contribution in [0.3, 0.4) is 0 Å². The number of aryl methyl sites for hydroxylation is 1. The summed E-state index contributed by atoms with van der Waals surface area (Å²) in [6.45, 7) is 4.68. The normalized spacial score (nSPS) is 11.6. The van der Waals surface area contributed by atoms with Crippen LogP contribution in [-0.2, 0) is 14.3 Å². The number of ether oxygens (including phenoxy) is 1. The minimum atomic E-state index is -0.678. The van der Waals surface area contributed by atoms with E-state index in [-0.39, 0.29) is 11.8 Å². The van der Waals surface area contributed by atoms with Crippen LogP contribution in [-0.4, -0.2) is 30.9 Å². The maximum absolute atomic E-state index is 11.9. The molecule has 104 valence electrons. The Kier molecular flexibility index (Phi) is 5.05. The molecule has 0 saturated carbocycles. The van der Waals surface area contributed by atoms with Gasteiger partial charge in [-0.3, -0.25) is 9.59 Å². The fourth-order valence-corrected chi connectivity index (χ4v) is 2.37. The Morgan fingerprint density at radius 3 is 2.53 bits per heavy atom. The van der Waals surface area contributed by atoms with E-state index in [4.69, 9.17) is 0 Å². The number of rotatable bonds is 4. The van der Waals surface area contributed by atoms with Gasteiger partial charge in [0.15, 0.2) is 0 Å². The van der Waals surface area contributed by atoms with Crippen LogP contribution < -0.4 is 10.6 Å². The van der Waals surface area contributed by atoms with Gasteiger partial charge in [0.2, 0.25) is 11.8 Å². The van der Waals surface area contributed by atoms with Crippen LogP contribution in [0, 0.1) is 6.92 Å². The number of thiophene rings is 1. The van der Waals surface area contributed by atoms with E-state index < -0.39 is 12.0 Å². The number of nitrogens with one attached hydrogen (secondary N) is 2. The van der Waals surface area contributed by atoms with Crippen molar-refractivity contribution in [3.63, 3.8) is 0 Å². The van der Waals surface area contributed by atoms with Gasteiger partial charge >= 0.3 is 5.97 Å². The minimum absolute atomic E-state index is 0.294. The lowest BCUT2D eigenvalue weighted by atomic mass is 10.2. The molecule has 0 fully saturated rings. The lowest BCUT2D eigenvalue weighted by Crippen LogP contribution is -2.40. The summed E-state index contributed by atoms with van der Waals surface area (Å²) in [5, 5.41) is 6.86. The van der Waals surface area contributed by atoms with Gasteiger partial charge < -0.3 is 15.4 Å². The summed E-state index contributed by atoms with van der Waals surface area (Å²) in [5.74, 6) is -1.18. The molecule has 0 saturated heterocycles. The van der Waals surface area contributed by atoms with E-state index in [2.05, 4.69) is 15.4 Å². The molecule has 1 aromatic rings. The standard InChI is InChI=1S/C12H16N2O4S/c1-6-5-19-10(12(17)18-4)9(6)14-11(16)7(2)13-8(3)15/h5,7H,1-4H3,(H,13,15)(H,14,16). The Hall–Kier alpha value is -1.89. The zero-order valence-electron chi connectivity index (χ0n) is 11.2. The average molecular weight is 284 g/mol. The third kappa shape index (κ3) is 3.78. The van der Waals surface area contributed by atoms with Gasteiger partial charge in [0.05, 0.1) is 12.8 Å².